The van der Waals surface area contributed by atoms with Gasteiger partial charge in [0.1, 0.15) is 0 Å². The molecule has 0 aliphatic heterocycles. The van der Waals surface area contributed by atoms with Crippen molar-refractivity contribution >= 4 is 22.5 Å². The lowest BCUT2D eigenvalue weighted by molar-refractivity contribution is 0.0990. The van der Waals surface area contributed by atoms with Crippen LogP contribution in [0.5, 0.6) is 0 Å². The van der Waals surface area contributed by atoms with Gasteiger partial charge in [-0.2, -0.15) is 0 Å². The summed E-state index contributed by atoms with van der Waals surface area (Å²) >= 11 is 0. The summed E-state index contributed by atoms with van der Waals surface area (Å²) in [6, 6.07) is 15.8. The molecule has 21 heavy (non-hydrogen) atoms. The van der Waals surface area contributed by atoms with Crippen LogP contribution in [0.4, 0.5) is 5.69 Å². The first-order chi connectivity index (χ1) is 10.2. The van der Waals surface area contributed by atoms with Crippen LogP contribution >= 0.6 is 0 Å². The van der Waals surface area contributed by atoms with Gasteiger partial charge in [0, 0.05) is 34.9 Å². The van der Waals surface area contributed by atoms with Crippen molar-refractivity contribution in [3.63, 3.8) is 0 Å². The summed E-state index contributed by atoms with van der Waals surface area (Å²) in [5.74, 6) is 0.0355. The number of hydrogen-bond acceptors (Lipinski definition) is 1. The molecule has 1 heterocycles. The van der Waals surface area contributed by atoms with Crippen LogP contribution < -0.4 is 4.90 Å². The molecule has 0 radical (unpaired) electrons. The predicted octanol–water partition coefficient (Wildman–Crippen LogP) is 4.14. The van der Waals surface area contributed by atoms with Crippen molar-refractivity contribution in [3.8, 4) is 0 Å². The number of carbonyl (C=O) groups is 1. The largest absolute Gasteiger partial charge is 0.361 e. The Hall–Kier alpha value is -2.55. The molecule has 2 aromatic carbocycles. The smallest absolute Gasteiger partial charge is 0.258 e. The highest BCUT2D eigenvalue weighted by Gasteiger charge is 2.18. The normalized spacial score (nSPS) is 10.8. The number of fused-ring (bicyclic) bond motifs is 1. The lowest BCUT2D eigenvalue weighted by atomic mass is 10.1. The van der Waals surface area contributed by atoms with Gasteiger partial charge in [-0.15, -0.1) is 0 Å². The summed E-state index contributed by atoms with van der Waals surface area (Å²) in [6.07, 6.45) is 1.87. The number of aromatic amines is 1. The van der Waals surface area contributed by atoms with Gasteiger partial charge >= 0.3 is 0 Å². The van der Waals surface area contributed by atoms with Crippen LogP contribution in [0.1, 0.15) is 22.8 Å². The number of amides is 1. The number of benzene rings is 2. The van der Waals surface area contributed by atoms with E-state index < -0.39 is 0 Å². The fourth-order valence-electron chi connectivity index (χ4n) is 2.66. The van der Waals surface area contributed by atoms with Crippen molar-refractivity contribution in [2.24, 2.45) is 0 Å². The van der Waals surface area contributed by atoms with E-state index >= 15 is 0 Å². The lowest BCUT2D eigenvalue weighted by Gasteiger charge is -2.22. The van der Waals surface area contributed by atoms with Gasteiger partial charge in [0.2, 0.25) is 0 Å². The highest BCUT2D eigenvalue weighted by molar-refractivity contribution is 6.13. The average Bonchev–Trinajstić information content (AvgIpc) is 2.96. The second kappa shape index (κ2) is 5.44. The second-order valence-electron chi connectivity index (χ2n) is 5.13. The van der Waals surface area contributed by atoms with Crippen molar-refractivity contribution in [2.75, 3.05) is 11.4 Å². The molecule has 3 heteroatoms. The van der Waals surface area contributed by atoms with Crippen LogP contribution in [-0.4, -0.2) is 17.4 Å². The molecular formula is C18H18N2O. The summed E-state index contributed by atoms with van der Waals surface area (Å²) in [7, 11) is 0. The number of anilines is 1. The van der Waals surface area contributed by atoms with Crippen molar-refractivity contribution in [1.29, 1.82) is 0 Å². The quantitative estimate of drug-likeness (QED) is 0.768. The van der Waals surface area contributed by atoms with Crippen molar-refractivity contribution in [3.05, 3.63) is 65.9 Å². The Bertz CT molecular complexity index is 789. The van der Waals surface area contributed by atoms with Crippen LogP contribution in [0.2, 0.25) is 0 Å². The van der Waals surface area contributed by atoms with Crippen LogP contribution in [0.15, 0.2) is 54.7 Å². The van der Waals surface area contributed by atoms with Crippen LogP contribution in [0.25, 0.3) is 10.9 Å². The molecule has 0 saturated heterocycles. The molecule has 1 N–H and O–H groups in total. The zero-order valence-electron chi connectivity index (χ0n) is 12.3. The number of nitrogens with zero attached hydrogens (tertiary/aromatic N) is 1. The van der Waals surface area contributed by atoms with Gasteiger partial charge in [0.25, 0.3) is 5.91 Å². The van der Waals surface area contributed by atoms with Crippen LogP contribution in [0.3, 0.4) is 0 Å². The number of carbonyl (C=O) groups excluding carboxylic acids is 1. The average molecular weight is 278 g/mol. The molecule has 0 spiro atoms. The first-order valence-corrected chi connectivity index (χ1v) is 7.15. The summed E-state index contributed by atoms with van der Waals surface area (Å²) in [5, 5.41) is 0.966. The number of H-pyrrole nitrogens is 1. The Morgan fingerprint density at radius 3 is 2.71 bits per heavy atom. The third-order valence-electron chi connectivity index (χ3n) is 3.70. The summed E-state index contributed by atoms with van der Waals surface area (Å²) in [5.41, 5.74) is 3.81. The Labute approximate surface area is 124 Å². The van der Waals surface area contributed by atoms with E-state index in [2.05, 4.69) is 4.98 Å². The van der Waals surface area contributed by atoms with E-state index in [0.717, 1.165) is 27.7 Å². The predicted molar refractivity (Wildman–Crippen MR) is 86.8 cm³/mol. The molecule has 3 rings (SSSR count). The molecular weight excluding hydrogens is 260 g/mol. The molecule has 0 atom stereocenters. The summed E-state index contributed by atoms with van der Waals surface area (Å²) in [4.78, 5) is 17.9. The van der Waals surface area contributed by atoms with E-state index in [9.17, 15) is 4.79 Å². The van der Waals surface area contributed by atoms with E-state index in [-0.39, 0.29) is 5.91 Å². The molecule has 3 aromatic rings. The van der Waals surface area contributed by atoms with Gasteiger partial charge in [0.15, 0.2) is 0 Å². The zero-order valence-corrected chi connectivity index (χ0v) is 12.3. The standard InChI is InChI=1S/C18H18N2O/c1-3-20(14-7-4-6-13(2)12-14)18(21)16-8-5-9-17-15(16)10-11-19-17/h4-12,19H,3H2,1-2H3. The number of aryl methyl sites for hydroxylation is 1. The van der Waals surface area contributed by atoms with Gasteiger partial charge < -0.3 is 9.88 Å². The molecule has 0 fully saturated rings. The van der Waals surface area contributed by atoms with Crippen LogP contribution in [0, 0.1) is 6.92 Å². The molecule has 0 aliphatic carbocycles. The number of aromatic nitrogens is 1. The SMILES string of the molecule is CCN(C(=O)c1cccc2[nH]ccc12)c1cccc(C)c1. The number of hydrogen-bond donors (Lipinski definition) is 1. The van der Waals surface area contributed by atoms with Gasteiger partial charge in [-0.3, -0.25) is 4.79 Å². The third-order valence-corrected chi connectivity index (χ3v) is 3.70. The highest BCUT2D eigenvalue weighted by Crippen LogP contribution is 2.23. The van der Waals surface area contributed by atoms with E-state index in [1.54, 1.807) is 0 Å². The molecule has 3 nitrogen and oxygen atoms in total. The fourth-order valence-corrected chi connectivity index (χ4v) is 2.66. The maximum absolute atomic E-state index is 12.9. The molecule has 106 valence electrons. The maximum atomic E-state index is 12.9. The van der Waals surface area contributed by atoms with Gasteiger partial charge in [0.05, 0.1) is 0 Å². The fraction of sp³-hybridized carbons (Fsp3) is 0.167. The van der Waals surface area contributed by atoms with Crippen molar-refractivity contribution < 1.29 is 4.79 Å². The molecule has 0 saturated carbocycles. The Kier molecular flexibility index (Phi) is 3.48. The Morgan fingerprint density at radius 2 is 1.95 bits per heavy atom. The lowest BCUT2D eigenvalue weighted by Crippen LogP contribution is -2.30. The first-order valence-electron chi connectivity index (χ1n) is 7.15. The maximum Gasteiger partial charge on any atom is 0.258 e. The minimum atomic E-state index is 0.0355. The minimum absolute atomic E-state index is 0.0355. The molecule has 1 aromatic heterocycles. The highest BCUT2D eigenvalue weighted by atomic mass is 16.2. The van der Waals surface area contributed by atoms with E-state index in [1.807, 2.05) is 73.5 Å². The summed E-state index contributed by atoms with van der Waals surface area (Å²) in [6.45, 7) is 4.68. The second-order valence-corrected chi connectivity index (χ2v) is 5.13. The molecule has 0 aliphatic rings. The van der Waals surface area contributed by atoms with Crippen LogP contribution in [-0.2, 0) is 0 Å². The van der Waals surface area contributed by atoms with Crippen molar-refractivity contribution in [1.82, 2.24) is 4.98 Å². The van der Waals surface area contributed by atoms with Gasteiger partial charge in [-0.1, -0.05) is 18.2 Å². The topological polar surface area (TPSA) is 36.1 Å². The Balaban J connectivity index is 2.05. The van der Waals surface area contributed by atoms with Crippen molar-refractivity contribution in [2.45, 2.75) is 13.8 Å². The zero-order chi connectivity index (χ0) is 14.8. The van der Waals surface area contributed by atoms with E-state index in [4.69, 9.17) is 0 Å². The van der Waals surface area contributed by atoms with Gasteiger partial charge in [-0.25, -0.2) is 0 Å². The number of rotatable bonds is 3. The third kappa shape index (κ3) is 2.42. The van der Waals surface area contributed by atoms with Gasteiger partial charge in [-0.05, 0) is 49.7 Å². The number of nitrogens with one attached hydrogen (secondary N) is 1. The minimum Gasteiger partial charge on any atom is -0.361 e. The molecule has 0 unspecified atom stereocenters. The summed E-state index contributed by atoms with van der Waals surface area (Å²) < 4.78 is 0. The molecule has 0 bridgehead atoms. The first kappa shape index (κ1) is 13.4. The Morgan fingerprint density at radius 1 is 1.14 bits per heavy atom. The van der Waals surface area contributed by atoms with E-state index in [1.165, 1.54) is 0 Å². The molecule has 1 amide bonds. The van der Waals surface area contributed by atoms with E-state index in [0.29, 0.717) is 6.54 Å². The monoisotopic (exact) mass is 278 g/mol.